The van der Waals surface area contributed by atoms with E-state index in [-0.39, 0.29) is 17.9 Å². The van der Waals surface area contributed by atoms with Gasteiger partial charge in [-0.05, 0) is 25.7 Å². The molecule has 0 saturated carbocycles. The Labute approximate surface area is 114 Å². The van der Waals surface area contributed by atoms with Crippen LogP contribution >= 0.6 is 0 Å². The van der Waals surface area contributed by atoms with Crippen molar-refractivity contribution in [3.8, 4) is 0 Å². The third-order valence-electron chi connectivity index (χ3n) is 3.69. The van der Waals surface area contributed by atoms with E-state index in [0.29, 0.717) is 19.7 Å². The second kappa shape index (κ2) is 5.49. The summed E-state index contributed by atoms with van der Waals surface area (Å²) < 4.78 is 0. The fraction of sp³-hybridized carbons (Fsp3) is 0.857. The number of hydrogen-bond donors (Lipinski definition) is 0. The Bertz CT molecular complexity index is 356. The summed E-state index contributed by atoms with van der Waals surface area (Å²) in [6.07, 6.45) is 3.62. The minimum atomic E-state index is -0.439. The second-order valence-corrected chi connectivity index (χ2v) is 6.39. The number of hydrogen-bond acceptors (Lipinski definition) is 3. The first-order valence-corrected chi connectivity index (χ1v) is 7.16. The lowest BCUT2D eigenvalue weighted by molar-refractivity contribution is -0.202. The summed E-state index contributed by atoms with van der Waals surface area (Å²) in [5, 5.41) is 1.46. The van der Waals surface area contributed by atoms with Gasteiger partial charge in [0.05, 0.1) is 6.61 Å². The highest BCUT2D eigenvalue weighted by atomic mass is 16.7. The van der Waals surface area contributed by atoms with Crippen molar-refractivity contribution in [2.75, 3.05) is 19.7 Å². The summed E-state index contributed by atoms with van der Waals surface area (Å²) in [5.74, 6) is 0.00941. The summed E-state index contributed by atoms with van der Waals surface area (Å²) in [6, 6.07) is -0.329. The third kappa shape index (κ3) is 3.08. The quantitative estimate of drug-likeness (QED) is 0.725. The van der Waals surface area contributed by atoms with Gasteiger partial charge < -0.3 is 4.90 Å². The molecular formula is C14H24N2O3. The van der Waals surface area contributed by atoms with Crippen LogP contribution in [-0.4, -0.2) is 47.5 Å². The molecule has 19 heavy (non-hydrogen) atoms. The van der Waals surface area contributed by atoms with Gasteiger partial charge in [-0.25, -0.2) is 5.06 Å². The molecule has 5 nitrogen and oxygen atoms in total. The normalized spacial score (nSPS) is 24.7. The maximum atomic E-state index is 12.4. The largest absolute Gasteiger partial charge is 0.330 e. The Hall–Kier alpha value is -1.10. The fourth-order valence-electron chi connectivity index (χ4n) is 2.63. The van der Waals surface area contributed by atoms with Gasteiger partial charge in [-0.2, -0.15) is 0 Å². The standard InChI is InChI=1S/C14H24N2O3/c1-14(2,3)13(18)15-8-6-7-11(15)12(17)16-9-4-5-10-19-16/h11H,4-10H2,1-3H3. The lowest BCUT2D eigenvalue weighted by atomic mass is 9.94. The lowest BCUT2D eigenvalue weighted by Gasteiger charge is -2.34. The van der Waals surface area contributed by atoms with Crippen LogP contribution in [0.25, 0.3) is 0 Å². The van der Waals surface area contributed by atoms with Crippen molar-refractivity contribution in [1.29, 1.82) is 0 Å². The van der Waals surface area contributed by atoms with E-state index in [1.165, 1.54) is 5.06 Å². The summed E-state index contributed by atoms with van der Waals surface area (Å²) in [4.78, 5) is 32.0. The van der Waals surface area contributed by atoms with Crippen LogP contribution in [0, 0.1) is 5.41 Å². The minimum Gasteiger partial charge on any atom is -0.330 e. The lowest BCUT2D eigenvalue weighted by Crippen LogP contribution is -2.51. The SMILES string of the molecule is CC(C)(C)C(=O)N1CCCC1C(=O)N1CCCCO1. The van der Waals surface area contributed by atoms with Crippen molar-refractivity contribution in [3.05, 3.63) is 0 Å². The van der Waals surface area contributed by atoms with Gasteiger partial charge in [0, 0.05) is 18.5 Å². The van der Waals surface area contributed by atoms with E-state index in [2.05, 4.69) is 0 Å². The predicted molar refractivity (Wildman–Crippen MR) is 71.1 cm³/mol. The molecule has 2 saturated heterocycles. The van der Waals surface area contributed by atoms with Crippen LogP contribution in [0.5, 0.6) is 0 Å². The van der Waals surface area contributed by atoms with Crippen molar-refractivity contribution < 1.29 is 14.4 Å². The molecule has 1 unspecified atom stereocenters. The van der Waals surface area contributed by atoms with Gasteiger partial charge in [0.25, 0.3) is 5.91 Å². The molecule has 0 N–H and O–H groups in total. The molecule has 2 aliphatic rings. The highest BCUT2D eigenvalue weighted by Gasteiger charge is 2.40. The van der Waals surface area contributed by atoms with E-state index in [1.807, 2.05) is 20.8 Å². The van der Waals surface area contributed by atoms with E-state index in [9.17, 15) is 9.59 Å². The van der Waals surface area contributed by atoms with Crippen LogP contribution in [0.2, 0.25) is 0 Å². The summed E-state index contributed by atoms with van der Waals surface area (Å²) >= 11 is 0. The van der Waals surface area contributed by atoms with Gasteiger partial charge in [0.15, 0.2) is 0 Å². The number of hydroxylamine groups is 2. The molecule has 2 heterocycles. The molecule has 2 aliphatic heterocycles. The van der Waals surface area contributed by atoms with Gasteiger partial charge in [-0.15, -0.1) is 0 Å². The average molecular weight is 268 g/mol. The summed E-state index contributed by atoms with van der Waals surface area (Å²) in [6.45, 7) is 7.62. The molecular weight excluding hydrogens is 244 g/mol. The van der Waals surface area contributed by atoms with Crippen LogP contribution in [0.15, 0.2) is 0 Å². The highest BCUT2D eigenvalue weighted by Crippen LogP contribution is 2.27. The molecule has 0 aliphatic carbocycles. The Balaban J connectivity index is 2.05. The molecule has 108 valence electrons. The van der Waals surface area contributed by atoms with Gasteiger partial charge in [-0.1, -0.05) is 20.8 Å². The maximum Gasteiger partial charge on any atom is 0.268 e. The third-order valence-corrected chi connectivity index (χ3v) is 3.69. The van der Waals surface area contributed by atoms with Crippen LogP contribution in [-0.2, 0) is 14.4 Å². The van der Waals surface area contributed by atoms with E-state index in [0.717, 1.165) is 25.7 Å². The Morgan fingerprint density at radius 3 is 2.42 bits per heavy atom. The molecule has 0 bridgehead atoms. The first-order chi connectivity index (χ1) is 8.91. The van der Waals surface area contributed by atoms with Crippen LogP contribution in [0.4, 0.5) is 0 Å². The zero-order valence-electron chi connectivity index (χ0n) is 12.1. The van der Waals surface area contributed by atoms with E-state index in [4.69, 9.17) is 4.84 Å². The highest BCUT2D eigenvalue weighted by molar-refractivity contribution is 5.89. The predicted octanol–water partition coefficient (Wildman–Crippen LogP) is 1.58. The van der Waals surface area contributed by atoms with E-state index < -0.39 is 5.41 Å². The fourth-order valence-corrected chi connectivity index (χ4v) is 2.63. The monoisotopic (exact) mass is 268 g/mol. The number of amides is 2. The Morgan fingerprint density at radius 1 is 1.11 bits per heavy atom. The average Bonchev–Trinajstić information content (AvgIpc) is 2.85. The minimum absolute atomic E-state index is 0.0465. The Kier molecular flexibility index (Phi) is 4.13. The number of nitrogens with zero attached hydrogens (tertiary/aromatic N) is 2. The van der Waals surface area contributed by atoms with Crippen molar-refractivity contribution in [2.45, 2.75) is 52.5 Å². The number of carbonyl (C=O) groups excluding carboxylic acids is 2. The van der Waals surface area contributed by atoms with Gasteiger partial charge in [0.1, 0.15) is 6.04 Å². The van der Waals surface area contributed by atoms with Crippen molar-refractivity contribution in [1.82, 2.24) is 9.96 Å². The second-order valence-electron chi connectivity index (χ2n) is 6.39. The molecule has 0 aromatic carbocycles. The molecule has 0 aromatic heterocycles. The molecule has 5 heteroatoms. The molecule has 0 aromatic rings. The number of rotatable bonds is 1. The summed E-state index contributed by atoms with van der Waals surface area (Å²) in [5.41, 5.74) is -0.439. The first kappa shape index (κ1) is 14.3. The molecule has 1 atom stereocenters. The smallest absolute Gasteiger partial charge is 0.268 e. The molecule has 2 amide bonds. The van der Waals surface area contributed by atoms with Crippen LogP contribution < -0.4 is 0 Å². The van der Waals surface area contributed by atoms with Crippen LogP contribution in [0.3, 0.4) is 0 Å². The molecule has 2 rings (SSSR count). The zero-order valence-corrected chi connectivity index (χ0v) is 12.1. The van der Waals surface area contributed by atoms with Gasteiger partial charge in [0.2, 0.25) is 5.91 Å². The number of likely N-dealkylation sites (tertiary alicyclic amines) is 1. The molecule has 0 radical (unpaired) electrons. The first-order valence-electron chi connectivity index (χ1n) is 7.16. The maximum absolute atomic E-state index is 12.4. The summed E-state index contributed by atoms with van der Waals surface area (Å²) in [7, 11) is 0. The zero-order chi connectivity index (χ0) is 14.0. The van der Waals surface area contributed by atoms with Crippen LogP contribution in [0.1, 0.15) is 46.5 Å². The van der Waals surface area contributed by atoms with E-state index >= 15 is 0 Å². The molecule has 0 spiro atoms. The molecule has 2 fully saturated rings. The van der Waals surface area contributed by atoms with Crippen molar-refractivity contribution in [3.63, 3.8) is 0 Å². The van der Waals surface area contributed by atoms with Gasteiger partial charge in [-0.3, -0.25) is 14.4 Å². The van der Waals surface area contributed by atoms with Crippen molar-refractivity contribution in [2.24, 2.45) is 5.41 Å². The Morgan fingerprint density at radius 2 is 1.84 bits per heavy atom. The van der Waals surface area contributed by atoms with E-state index in [1.54, 1.807) is 4.90 Å². The van der Waals surface area contributed by atoms with Gasteiger partial charge >= 0.3 is 0 Å². The van der Waals surface area contributed by atoms with Crippen molar-refractivity contribution >= 4 is 11.8 Å². The topological polar surface area (TPSA) is 49.9 Å². The number of carbonyl (C=O) groups is 2.